The Kier molecular flexibility index (Phi) is 9.42. The quantitative estimate of drug-likeness (QED) is 0.270. The first kappa shape index (κ1) is 25.3. The number of benzene rings is 1. The summed E-state index contributed by atoms with van der Waals surface area (Å²) in [5.41, 5.74) is 0.895. The highest BCUT2D eigenvalue weighted by molar-refractivity contribution is 14.0. The summed E-state index contributed by atoms with van der Waals surface area (Å²) in [5.74, 6) is 2.14. The van der Waals surface area contributed by atoms with Gasteiger partial charge < -0.3 is 25.4 Å². The molecule has 0 spiro atoms. The summed E-state index contributed by atoms with van der Waals surface area (Å²) in [6.45, 7) is 7.68. The topological polar surface area (TPSA) is 86.9 Å². The summed E-state index contributed by atoms with van der Waals surface area (Å²) in [4.78, 5) is 7.00. The van der Waals surface area contributed by atoms with E-state index in [9.17, 15) is 5.11 Å². The maximum absolute atomic E-state index is 10.8. The molecule has 1 saturated heterocycles. The lowest BCUT2D eigenvalue weighted by Gasteiger charge is -2.22. The monoisotopic (exact) mass is 542 g/mol. The smallest absolute Gasteiger partial charge is 0.191 e. The van der Waals surface area contributed by atoms with Crippen LogP contribution in [-0.4, -0.2) is 60.7 Å². The van der Waals surface area contributed by atoms with Gasteiger partial charge in [0.05, 0.1) is 19.9 Å². The number of rotatable bonds is 8. The molecular formula is C22H35IN6O2. The van der Waals surface area contributed by atoms with Crippen LogP contribution in [0.3, 0.4) is 0 Å². The molecule has 0 amide bonds. The fourth-order valence-electron chi connectivity index (χ4n) is 3.65. The molecule has 1 aliphatic rings. The minimum Gasteiger partial charge on any atom is -0.497 e. The van der Waals surface area contributed by atoms with Gasteiger partial charge in [0.15, 0.2) is 5.96 Å². The van der Waals surface area contributed by atoms with Gasteiger partial charge in [0.25, 0.3) is 0 Å². The molecule has 2 atom stereocenters. The number of guanidine groups is 1. The molecule has 1 aliphatic heterocycles. The Labute approximate surface area is 202 Å². The molecule has 0 radical (unpaired) electrons. The second kappa shape index (κ2) is 11.6. The highest BCUT2D eigenvalue weighted by atomic mass is 127. The van der Waals surface area contributed by atoms with Crippen LogP contribution < -0.4 is 20.3 Å². The summed E-state index contributed by atoms with van der Waals surface area (Å²) in [6.07, 6.45) is 4.63. The molecule has 0 aliphatic carbocycles. The second-order valence-electron chi connectivity index (χ2n) is 8.05. The number of aliphatic hydroxyl groups is 1. The Morgan fingerprint density at radius 2 is 2.19 bits per heavy atom. The summed E-state index contributed by atoms with van der Waals surface area (Å²) in [7, 11) is 3.54. The van der Waals surface area contributed by atoms with Crippen molar-refractivity contribution in [2.75, 3.05) is 44.7 Å². The summed E-state index contributed by atoms with van der Waals surface area (Å²) >= 11 is 0. The Morgan fingerprint density at radius 1 is 1.39 bits per heavy atom. The number of aliphatic imine (C=N–C) groups is 1. The number of nitrogens with zero attached hydrogens (tertiary/aromatic N) is 4. The van der Waals surface area contributed by atoms with Crippen molar-refractivity contribution in [3.63, 3.8) is 0 Å². The molecule has 8 nitrogen and oxygen atoms in total. The lowest BCUT2D eigenvalue weighted by molar-refractivity contribution is 0.0671. The van der Waals surface area contributed by atoms with Crippen LogP contribution in [0.2, 0.25) is 0 Å². The van der Waals surface area contributed by atoms with Crippen molar-refractivity contribution >= 4 is 35.6 Å². The van der Waals surface area contributed by atoms with Crippen molar-refractivity contribution in [2.24, 2.45) is 18.0 Å². The molecule has 31 heavy (non-hydrogen) atoms. The van der Waals surface area contributed by atoms with Gasteiger partial charge in [-0.25, -0.2) is 4.99 Å². The average Bonchev–Trinajstić information content (AvgIpc) is 3.40. The normalized spacial score (nSPS) is 18.3. The van der Waals surface area contributed by atoms with Gasteiger partial charge in [0.2, 0.25) is 0 Å². The largest absolute Gasteiger partial charge is 0.497 e. The number of ether oxygens (including phenoxy) is 1. The molecule has 2 aromatic rings. The minimum absolute atomic E-state index is 0. The van der Waals surface area contributed by atoms with Crippen LogP contribution in [0.25, 0.3) is 0 Å². The number of hydrogen-bond acceptors (Lipinski definition) is 5. The number of methoxy groups -OCH3 is 1. The zero-order valence-corrected chi connectivity index (χ0v) is 21.2. The molecular weight excluding hydrogens is 507 g/mol. The fourth-order valence-corrected chi connectivity index (χ4v) is 3.65. The number of halogens is 1. The van der Waals surface area contributed by atoms with E-state index in [0.29, 0.717) is 5.92 Å². The van der Waals surface area contributed by atoms with Gasteiger partial charge in [-0.15, -0.1) is 24.0 Å². The molecule has 0 saturated carbocycles. The molecule has 1 fully saturated rings. The van der Waals surface area contributed by atoms with E-state index in [1.807, 2.05) is 32.3 Å². The fraction of sp³-hybridized carbons (Fsp3) is 0.545. The predicted molar refractivity (Wildman–Crippen MR) is 135 cm³/mol. The van der Waals surface area contributed by atoms with Crippen LogP contribution in [0.1, 0.15) is 25.8 Å². The zero-order valence-electron chi connectivity index (χ0n) is 18.8. The summed E-state index contributed by atoms with van der Waals surface area (Å²) in [6, 6.07) is 8.22. The first-order chi connectivity index (χ1) is 14.4. The Morgan fingerprint density at radius 3 is 2.87 bits per heavy atom. The standard InChI is InChI=1S/C22H34N6O2.HI/c1-5-23-21(25-16-22(2,29)18-13-26-27(3)15-18)24-12-17-9-10-28(14-17)19-7-6-8-20(11-19)30-4;/h6-8,11,13,15,17,29H,5,9-10,12,14,16H2,1-4H3,(H2,23,24,25);1H. The summed E-state index contributed by atoms with van der Waals surface area (Å²) in [5, 5.41) is 21.6. The summed E-state index contributed by atoms with van der Waals surface area (Å²) < 4.78 is 7.03. The molecule has 0 bridgehead atoms. The number of anilines is 1. The molecule has 1 aromatic heterocycles. The van der Waals surface area contributed by atoms with Crippen LogP contribution >= 0.6 is 24.0 Å². The van der Waals surface area contributed by atoms with E-state index in [1.54, 1.807) is 24.9 Å². The van der Waals surface area contributed by atoms with Crippen molar-refractivity contribution in [1.82, 2.24) is 20.4 Å². The van der Waals surface area contributed by atoms with Crippen molar-refractivity contribution in [3.05, 3.63) is 42.2 Å². The van der Waals surface area contributed by atoms with Crippen LogP contribution in [0, 0.1) is 5.92 Å². The SMILES string of the molecule is CCNC(=NCC(C)(O)c1cnn(C)c1)NCC1CCN(c2cccc(OC)c2)C1.I. The third kappa shape index (κ3) is 6.99. The number of hydrogen-bond donors (Lipinski definition) is 3. The highest BCUT2D eigenvalue weighted by Crippen LogP contribution is 2.26. The number of nitrogens with one attached hydrogen (secondary N) is 2. The molecule has 172 valence electrons. The van der Waals surface area contributed by atoms with Gasteiger partial charge in [-0.05, 0) is 38.3 Å². The van der Waals surface area contributed by atoms with Gasteiger partial charge in [-0.1, -0.05) is 6.07 Å². The van der Waals surface area contributed by atoms with Crippen molar-refractivity contribution in [2.45, 2.75) is 25.9 Å². The minimum atomic E-state index is -1.06. The van der Waals surface area contributed by atoms with Crippen LogP contribution in [0.5, 0.6) is 5.75 Å². The van der Waals surface area contributed by atoms with Gasteiger partial charge in [0.1, 0.15) is 11.4 Å². The number of aryl methyl sites for hydroxylation is 1. The molecule has 1 aromatic carbocycles. The number of aromatic nitrogens is 2. The third-order valence-corrected chi connectivity index (χ3v) is 5.48. The van der Waals surface area contributed by atoms with Gasteiger partial charge in [-0.3, -0.25) is 4.68 Å². The van der Waals surface area contributed by atoms with Crippen LogP contribution in [0.4, 0.5) is 5.69 Å². The third-order valence-electron chi connectivity index (χ3n) is 5.48. The molecule has 2 unspecified atom stereocenters. The van der Waals surface area contributed by atoms with Gasteiger partial charge in [-0.2, -0.15) is 5.10 Å². The maximum atomic E-state index is 10.8. The maximum Gasteiger partial charge on any atom is 0.191 e. The van der Waals surface area contributed by atoms with E-state index in [4.69, 9.17) is 4.74 Å². The van der Waals surface area contributed by atoms with E-state index in [1.165, 1.54) is 5.69 Å². The van der Waals surface area contributed by atoms with E-state index in [-0.39, 0.29) is 30.5 Å². The van der Waals surface area contributed by atoms with Crippen LogP contribution in [-0.2, 0) is 12.6 Å². The van der Waals surface area contributed by atoms with Crippen molar-refractivity contribution in [1.29, 1.82) is 0 Å². The highest BCUT2D eigenvalue weighted by Gasteiger charge is 2.25. The van der Waals surface area contributed by atoms with E-state index in [2.05, 4.69) is 37.8 Å². The van der Waals surface area contributed by atoms with E-state index >= 15 is 0 Å². The predicted octanol–water partition coefficient (Wildman–Crippen LogP) is 2.34. The van der Waals surface area contributed by atoms with Crippen molar-refractivity contribution < 1.29 is 9.84 Å². The zero-order chi connectivity index (χ0) is 21.6. The second-order valence-corrected chi connectivity index (χ2v) is 8.05. The van der Waals surface area contributed by atoms with Crippen LogP contribution in [0.15, 0.2) is 41.7 Å². The first-order valence-electron chi connectivity index (χ1n) is 10.5. The van der Waals surface area contributed by atoms with Gasteiger partial charge >= 0.3 is 0 Å². The Balaban J connectivity index is 0.00000341. The van der Waals surface area contributed by atoms with Gasteiger partial charge in [0, 0.05) is 56.7 Å². The van der Waals surface area contributed by atoms with Crippen molar-refractivity contribution in [3.8, 4) is 5.75 Å². The molecule has 2 heterocycles. The Bertz CT molecular complexity index is 854. The van der Waals surface area contributed by atoms with E-state index in [0.717, 1.165) is 49.9 Å². The Hall–Kier alpha value is -2.01. The van der Waals surface area contributed by atoms with E-state index < -0.39 is 5.60 Å². The first-order valence-corrected chi connectivity index (χ1v) is 10.5. The molecule has 3 N–H and O–H groups in total. The lowest BCUT2D eigenvalue weighted by atomic mass is 10.0. The lowest BCUT2D eigenvalue weighted by Crippen LogP contribution is -2.41. The average molecular weight is 542 g/mol. The molecule has 3 rings (SSSR count). The molecule has 9 heteroatoms.